The second-order valence-electron chi connectivity index (χ2n) is 4.44. The summed E-state index contributed by atoms with van der Waals surface area (Å²) in [5.41, 5.74) is 8.14. The van der Waals surface area contributed by atoms with Crippen LogP contribution in [-0.4, -0.2) is 20.0 Å². The van der Waals surface area contributed by atoms with E-state index in [2.05, 4.69) is 37.6 Å². The van der Waals surface area contributed by atoms with Gasteiger partial charge in [-0.1, -0.05) is 0 Å². The summed E-state index contributed by atoms with van der Waals surface area (Å²) in [4.78, 5) is 14.9. The maximum Gasteiger partial charge on any atom is 0.251 e. The average Bonchev–Trinajstić information content (AvgIpc) is 2.82. The van der Waals surface area contributed by atoms with Gasteiger partial charge in [-0.05, 0) is 40.2 Å². The Kier molecular flexibility index (Phi) is 4.67. The zero-order chi connectivity index (χ0) is 14.7. The predicted octanol–water partition coefficient (Wildman–Crippen LogP) is 3.09. The van der Waals surface area contributed by atoms with Crippen LogP contribution in [-0.2, 0) is 6.54 Å². The van der Waals surface area contributed by atoms with E-state index in [-0.39, 0.29) is 5.91 Å². The van der Waals surface area contributed by atoms with Gasteiger partial charge in [0.2, 0.25) is 0 Å². The number of nitrogens with two attached hydrogens (primary N) is 1. The van der Waals surface area contributed by atoms with Gasteiger partial charge >= 0.3 is 0 Å². The van der Waals surface area contributed by atoms with Crippen molar-refractivity contribution in [2.75, 3.05) is 24.7 Å². The van der Waals surface area contributed by atoms with Crippen molar-refractivity contribution < 1.29 is 4.79 Å². The Labute approximate surface area is 130 Å². The van der Waals surface area contributed by atoms with Crippen LogP contribution in [0.2, 0.25) is 0 Å². The molecule has 3 N–H and O–H groups in total. The molecule has 1 heterocycles. The Morgan fingerprint density at radius 3 is 2.75 bits per heavy atom. The number of hydrogen-bond donors (Lipinski definition) is 2. The van der Waals surface area contributed by atoms with Gasteiger partial charge < -0.3 is 16.0 Å². The van der Waals surface area contributed by atoms with Crippen molar-refractivity contribution in [1.29, 1.82) is 0 Å². The number of thiophene rings is 1. The quantitative estimate of drug-likeness (QED) is 0.830. The number of anilines is 2. The molecule has 1 amide bonds. The van der Waals surface area contributed by atoms with E-state index in [0.717, 1.165) is 16.7 Å². The van der Waals surface area contributed by atoms with Crippen LogP contribution in [0.1, 0.15) is 15.2 Å². The van der Waals surface area contributed by atoms with Crippen LogP contribution in [0.3, 0.4) is 0 Å². The molecule has 0 saturated heterocycles. The fraction of sp³-hybridized carbons (Fsp3) is 0.214. The van der Waals surface area contributed by atoms with Crippen molar-refractivity contribution in [3.63, 3.8) is 0 Å². The van der Waals surface area contributed by atoms with Gasteiger partial charge in [0.15, 0.2) is 0 Å². The molecule has 0 unspecified atom stereocenters. The van der Waals surface area contributed by atoms with Gasteiger partial charge in [0, 0.05) is 34.4 Å². The standard InChI is InChI=1S/C14H16BrN3OS/c1-17-14(19)9-3-4-13(12(16)5-9)18(2)7-11-6-10(15)8-20-11/h3-6,8H,7,16H2,1-2H3,(H,17,19). The molecule has 1 aromatic heterocycles. The first-order chi connectivity index (χ1) is 9.51. The van der Waals surface area contributed by atoms with Crippen molar-refractivity contribution in [2.45, 2.75) is 6.54 Å². The molecule has 0 radical (unpaired) electrons. The third-order valence-electron chi connectivity index (χ3n) is 2.94. The van der Waals surface area contributed by atoms with E-state index in [1.165, 1.54) is 4.88 Å². The van der Waals surface area contributed by atoms with Crippen LogP contribution < -0.4 is 16.0 Å². The summed E-state index contributed by atoms with van der Waals surface area (Å²) in [6.45, 7) is 0.778. The Morgan fingerprint density at radius 1 is 1.45 bits per heavy atom. The van der Waals surface area contributed by atoms with Gasteiger partial charge in [-0.15, -0.1) is 11.3 Å². The second-order valence-corrected chi connectivity index (χ2v) is 6.35. The normalized spacial score (nSPS) is 10.3. The van der Waals surface area contributed by atoms with Gasteiger partial charge in [-0.3, -0.25) is 4.79 Å². The minimum Gasteiger partial charge on any atom is -0.397 e. The van der Waals surface area contributed by atoms with Crippen molar-refractivity contribution in [1.82, 2.24) is 5.32 Å². The topological polar surface area (TPSA) is 58.4 Å². The third kappa shape index (κ3) is 3.32. The predicted molar refractivity (Wildman–Crippen MR) is 88.4 cm³/mol. The molecule has 4 nitrogen and oxygen atoms in total. The molecule has 0 aliphatic carbocycles. The smallest absolute Gasteiger partial charge is 0.251 e. The number of nitrogen functional groups attached to an aromatic ring is 1. The number of hydrogen-bond acceptors (Lipinski definition) is 4. The third-order valence-corrected chi connectivity index (χ3v) is 4.63. The summed E-state index contributed by atoms with van der Waals surface area (Å²) in [7, 11) is 3.59. The average molecular weight is 354 g/mol. The van der Waals surface area contributed by atoms with Gasteiger partial charge in [-0.2, -0.15) is 0 Å². The van der Waals surface area contributed by atoms with Crippen molar-refractivity contribution in [3.05, 3.63) is 44.6 Å². The monoisotopic (exact) mass is 353 g/mol. The number of rotatable bonds is 4. The zero-order valence-electron chi connectivity index (χ0n) is 11.3. The Morgan fingerprint density at radius 2 is 2.20 bits per heavy atom. The van der Waals surface area contributed by atoms with Crippen LogP contribution in [0.25, 0.3) is 0 Å². The van der Waals surface area contributed by atoms with Crippen molar-refractivity contribution in [3.8, 4) is 0 Å². The van der Waals surface area contributed by atoms with Crippen LogP contribution >= 0.6 is 27.3 Å². The number of benzene rings is 1. The van der Waals surface area contributed by atoms with E-state index in [1.54, 1.807) is 30.5 Å². The molecule has 6 heteroatoms. The molecule has 20 heavy (non-hydrogen) atoms. The van der Waals surface area contributed by atoms with E-state index in [4.69, 9.17) is 5.73 Å². The molecule has 2 rings (SSSR count). The maximum absolute atomic E-state index is 11.6. The molecule has 0 atom stereocenters. The Bertz CT molecular complexity index is 627. The SMILES string of the molecule is CNC(=O)c1ccc(N(C)Cc2cc(Br)cs2)c(N)c1. The largest absolute Gasteiger partial charge is 0.397 e. The van der Waals surface area contributed by atoms with Crippen molar-refractivity contribution in [2.24, 2.45) is 0 Å². The number of carbonyl (C=O) groups is 1. The fourth-order valence-electron chi connectivity index (χ4n) is 1.94. The molecule has 0 spiro atoms. The van der Waals surface area contributed by atoms with Crippen molar-refractivity contribution >= 4 is 44.5 Å². The number of nitrogens with one attached hydrogen (secondary N) is 1. The molecule has 2 aromatic rings. The minimum absolute atomic E-state index is 0.131. The first-order valence-electron chi connectivity index (χ1n) is 6.07. The van der Waals surface area contributed by atoms with E-state index < -0.39 is 0 Å². The lowest BCUT2D eigenvalue weighted by molar-refractivity contribution is 0.0963. The maximum atomic E-state index is 11.6. The Hall–Kier alpha value is -1.53. The summed E-state index contributed by atoms with van der Waals surface area (Å²) in [6.07, 6.45) is 0. The highest BCUT2D eigenvalue weighted by Crippen LogP contribution is 2.27. The lowest BCUT2D eigenvalue weighted by Crippen LogP contribution is -2.20. The van der Waals surface area contributed by atoms with Crippen LogP contribution in [0, 0.1) is 0 Å². The van der Waals surface area contributed by atoms with Crippen LogP contribution in [0.5, 0.6) is 0 Å². The van der Waals surface area contributed by atoms with Gasteiger partial charge in [-0.25, -0.2) is 0 Å². The molecule has 0 aliphatic heterocycles. The first-order valence-corrected chi connectivity index (χ1v) is 7.74. The lowest BCUT2D eigenvalue weighted by Gasteiger charge is -2.20. The number of carbonyl (C=O) groups excluding carboxylic acids is 1. The molecule has 106 valence electrons. The second kappa shape index (κ2) is 6.28. The summed E-state index contributed by atoms with van der Waals surface area (Å²) >= 11 is 5.15. The highest BCUT2D eigenvalue weighted by Gasteiger charge is 2.10. The van der Waals surface area contributed by atoms with E-state index in [1.807, 2.05) is 13.1 Å². The number of halogens is 1. The summed E-state index contributed by atoms with van der Waals surface area (Å²) in [5.74, 6) is -0.131. The molecule has 0 bridgehead atoms. The molecular weight excluding hydrogens is 338 g/mol. The Balaban J connectivity index is 2.17. The molecular formula is C14H16BrN3OS. The van der Waals surface area contributed by atoms with E-state index in [9.17, 15) is 4.79 Å². The number of amides is 1. The highest BCUT2D eigenvalue weighted by atomic mass is 79.9. The zero-order valence-corrected chi connectivity index (χ0v) is 13.7. The summed E-state index contributed by atoms with van der Waals surface area (Å²) in [5, 5.41) is 4.64. The van der Waals surface area contributed by atoms with Gasteiger partial charge in [0.05, 0.1) is 17.9 Å². The summed E-state index contributed by atoms with van der Waals surface area (Å²) < 4.78 is 1.09. The van der Waals surface area contributed by atoms with E-state index >= 15 is 0 Å². The fourth-order valence-corrected chi connectivity index (χ4v) is 3.45. The van der Waals surface area contributed by atoms with E-state index in [0.29, 0.717) is 11.3 Å². The molecule has 0 aliphatic rings. The van der Waals surface area contributed by atoms with Crippen LogP contribution in [0.15, 0.2) is 34.1 Å². The molecule has 0 fully saturated rings. The number of nitrogens with zero attached hydrogens (tertiary/aromatic N) is 1. The molecule has 0 saturated carbocycles. The van der Waals surface area contributed by atoms with Gasteiger partial charge in [0.25, 0.3) is 5.91 Å². The summed E-state index contributed by atoms with van der Waals surface area (Å²) in [6, 6.07) is 7.46. The van der Waals surface area contributed by atoms with Gasteiger partial charge in [0.1, 0.15) is 0 Å². The minimum atomic E-state index is -0.131. The first kappa shape index (κ1) is 14.9. The lowest BCUT2D eigenvalue weighted by atomic mass is 10.1. The highest BCUT2D eigenvalue weighted by molar-refractivity contribution is 9.10. The van der Waals surface area contributed by atoms with Crippen LogP contribution in [0.4, 0.5) is 11.4 Å². The molecule has 1 aromatic carbocycles.